The van der Waals surface area contributed by atoms with Crippen molar-refractivity contribution in [3.8, 4) is 11.1 Å². The van der Waals surface area contributed by atoms with Crippen LogP contribution in [-0.2, 0) is 16.1 Å². The van der Waals surface area contributed by atoms with Crippen molar-refractivity contribution in [3.63, 3.8) is 0 Å². The number of benzene rings is 1. The number of rotatable bonds is 5. The maximum Gasteiger partial charge on any atom is 0.414 e. The molecule has 0 aliphatic carbocycles. The molecule has 1 saturated heterocycles. The van der Waals surface area contributed by atoms with Crippen molar-refractivity contribution in [3.05, 3.63) is 48.2 Å². The zero-order valence-electron chi connectivity index (χ0n) is 15.5. The molecule has 0 bridgehead atoms. The smallest absolute Gasteiger partial charge is 0.414 e. The van der Waals surface area contributed by atoms with Crippen LogP contribution in [0.2, 0.25) is 0 Å². The number of aromatic nitrogens is 3. The Kier molecular flexibility index (Phi) is 4.85. The highest BCUT2D eigenvalue weighted by atomic mass is 19.1. The van der Waals surface area contributed by atoms with Gasteiger partial charge in [-0.1, -0.05) is 0 Å². The number of carbonyl (C=O) groups excluding carboxylic acids is 2. The van der Waals surface area contributed by atoms with E-state index in [9.17, 15) is 14.0 Å². The molecule has 1 aliphatic rings. The van der Waals surface area contributed by atoms with Crippen LogP contribution in [0.25, 0.3) is 16.8 Å². The van der Waals surface area contributed by atoms with Gasteiger partial charge in [0.25, 0.3) is 0 Å². The van der Waals surface area contributed by atoms with Crippen molar-refractivity contribution < 1.29 is 23.8 Å². The van der Waals surface area contributed by atoms with Gasteiger partial charge in [-0.25, -0.2) is 18.7 Å². The second kappa shape index (κ2) is 7.47. The molecule has 1 aliphatic heterocycles. The van der Waals surface area contributed by atoms with Crippen molar-refractivity contribution in [2.75, 3.05) is 18.0 Å². The Bertz CT molecular complexity index is 1100. The van der Waals surface area contributed by atoms with Crippen molar-refractivity contribution in [1.82, 2.24) is 19.9 Å². The van der Waals surface area contributed by atoms with Gasteiger partial charge in [0, 0.05) is 24.2 Å². The van der Waals surface area contributed by atoms with Gasteiger partial charge in [0.15, 0.2) is 11.5 Å². The first kappa shape index (κ1) is 18.8. The third-order valence-corrected chi connectivity index (χ3v) is 4.54. The number of anilines is 1. The summed E-state index contributed by atoms with van der Waals surface area (Å²) in [4.78, 5) is 28.6. The fraction of sp³-hybridized carbons (Fsp3) is 0.263. The average Bonchev–Trinajstić information content (AvgIpc) is 3.28. The van der Waals surface area contributed by atoms with Gasteiger partial charge in [0.1, 0.15) is 18.5 Å². The zero-order valence-corrected chi connectivity index (χ0v) is 15.5. The normalized spacial score (nSPS) is 16.3. The number of nitrogens with zero attached hydrogens (tertiary/aromatic N) is 4. The Morgan fingerprint density at radius 2 is 2.21 bits per heavy atom. The van der Waals surface area contributed by atoms with Crippen LogP contribution in [0.4, 0.5) is 14.9 Å². The van der Waals surface area contributed by atoms with Crippen molar-refractivity contribution in [2.45, 2.75) is 19.6 Å². The van der Waals surface area contributed by atoms with Gasteiger partial charge in [0.2, 0.25) is 5.91 Å². The largest absolute Gasteiger partial charge is 0.442 e. The van der Waals surface area contributed by atoms with Crippen molar-refractivity contribution in [2.24, 2.45) is 0 Å². The summed E-state index contributed by atoms with van der Waals surface area (Å²) in [5.41, 5.74) is 1.81. The predicted molar refractivity (Wildman–Crippen MR) is 101 cm³/mol. The number of carbonyl (C=O) groups is 2. The molecule has 4 rings (SSSR count). The van der Waals surface area contributed by atoms with Gasteiger partial charge >= 0.3 is 6.09 Å². The van der Waals surface area contributed by atoms with E-state index < -0.39 is 18.0 Å². The lowest BCUT2D eigenvalue weighted by Crippen LogP contribution is -2.33. The Hall–Kier alpha value is -3.53. The van der Waals surface area contributed by atoms with Crippen LogP contribution in [0, 0.1) is 5.82 Å². The third kappa shape index (κ3) is 3.74. The van der Waals surface area contributed by atoms with Gasteiger partial charge in [-0.05, 0) is 30.3 Å². The summed E-state index contributed by atoms with van der Waals surface area (Å²) in [6.07, 6.45) is 0.533. The molecule has 1 atom stereocenters. The Morgan fingerprint density at radius 1 is 1.38 bits per heavy atom. The fourth-order valence-corrected chi connectivity index (χ4v) is 3.16. The van der Waals surface area contributed by atoms with Crippen molar-refractivity contribution >= 4 is 23.3 Å². The molecule has 1 aromatic carbocycles. The minimum absolute atomic E-state index is 0.200. The molecule has 9 nitrogen and oxygen atoms in total. The number of ether oxygens (including phenoxy) is 1. The monoisotopic (exact) mass is 399 g/mol. The van der Waals surface area contributed by atoms with E-state index >= 15 is 0 Å². The van der Waals surface area contributed by atoms with Crippen LogP contribution in [0.15, 0.2) is 36.5 Å². The van der Waals surface area contributed by atoms with Gasteiger partial charge < -0.3 is 15.2 Å². The van der Waals surface area contributed by atoms with E-state index in [2.05, 4.69) is 15.4 Å². The van der Waals surface area contributed by atoms with Gasteiger partial charge in [-0.2, -0.15) is 0 Å². The van der Waals surface area contributed by atoms with Crippen LogP contribution in [0.3, 0.4) is 0 Å². The quantitative estimate of drug-likeness (QED) is 0.673. The highest BCUT2D eigenvalue weighted by molar-refractivity contribution is 5.90. The first-order valence-corrected chi connectivity index (χ1v) is 8.93. The van der Waals surface area contributed by atoms with Gasteiger partial charge in [-0.15, -0.1) is 5.10 Å². The fourth-order valence-electron chi connectivity index (χ4n) is 3.16. The molecule has 0 spiro atoms. The van der Waals surface area contributed by atoms with E-state index in [1.807, 2.05) is 0 Å². The van der Waals surface area contributed by atoms with E-state index in [1.165, 1.54) is 22.4 Å². The van der Waals surface area contributed by atoms with Crippen molar-refractivity contribution in [1.29, 1.82) is 0 Å². The molecular formula is C19H18FN5O4. The minimum Gasteiger partial charge on any atom is -0.442 e. The molecule has 10 heteroatoms. The Morgan fingerprint density at radius 3 is 2.93 bits per heavy atom. The molecule has 150 valence electrons. The predicted octanol–water partition coefficient (Wildman–Crippen LogP) is 1.49. The number of hydrogen-bond acceptors (Lipinski definition) is 6. The van der Waals surface area contributed by atoms with Crippen LogP contribution < -0.4 is 10.2 Å². The summed E-state index contributed by atoms with van der Waals surface area (Å²) < 4.78 is 21.5. The molecule has 2 N–H and O–H groups in total. The number of aliphatic hydroxyl groups excluding tert-OH is 1. The standard InChI is InChI=1S/C19H18FN5O4/c1-11(27)21-7-14-9-24(19(28)29-14)13-3-4-15(16(20)6-13)12-2-5-18-22-17(10-26)23-25(18)8-12/h2-6,8,14,26H,7,9-10H2,1H3,(H,21,27)/t14-/m0/s1. The number of nitrogens with one attached hydrogen (secondary N) is 1. The number of cyclic esters (lactones) is 1. The third-order valence-electron chi connectivity index (χ3n) is 4.54. The molecule has 0 saturated carbocycles. The summed E-state index contributed by atoms with van der Waals surface area (Å²) in [5.74, 6) is -0.452. The number of pyridine rings is 1. The Labute approximate surface area is 164 Å². The molecule has 29 heavy (non-hydrogen) atoms. The van der Waals surface area contributed by atoms with Gasteiger partial charge in [0.05, 0.1) is 18.8 Å². The second-order valence-corrected chi connectivity index (χ2v) is 6.62. The number of aliphatic hydroxyl groups is 1. The van der Waals surface area contributed by atoms with E-state index in [4.69, 9.17) is 9.84 Å². The van der Waals surface area contributed by atoms with Crippen LogP contribution in [0.5, 0.6) is 0 Å². The number of amides is 2. The minimum atomic E-state index is -0.590. The van der Waals surface area contributed by atoms with E-state index in [0.29, 0.717) is 22.5 Å². The van der Waals surface area contributed by atoms with Crippen LogP contribution in [0.1, 0.15) is 12.7 Å². The number of fused-ring (bicyclic) bond motifs is 1. The first-order chi connectivity index (χ1) is 13.9. The molecule has 2 amide bonds. The summed E-state index contributed by atoms with van der Waals surface area (Å²) in [6, 6.07) is 7.85. The molecule has 2 aromatic heterocycles. The molecular weight excluding hydrogens is 381 g/mol. The average molecular weight is 399 g/mol. The number of hydrogen-bond donors (Lipinski definition) is 2. The van der Waals surface area contributed by atoms with Crippen LogP contribution >= 0.6 is 0 Å². The van der Waals surface area contributed by atoms with Gasteiger partial charge in [-0.3, -0.25) is 9.69 Å². The summed E-state index contributed by atoms with van der Waals surface area (Å²) in [7, 11) is 0. The topological polar surface area (TPSA) is 109 Å². The van der Waals surface area contributed by atoms with E-state index in [0.717, 1.165) is 0 Å². The maximum absolute atomic E-state index is 14.8. The highest BCUT2D eigenvalue weighted by Crippen LogP contribution is 2.29. The SMILES string of the molecule is CC(=O)NC[C@H]1CN(c2ccc(-c3ccc4nc(CO)nn4c3)c(F)c2)C(=O)O1. The van der Waals surface area contributed by atoms with E-state index in [1.54, 1.807) is 30.5 Å². The lowest BCUT2D eigenvalue weighted by atomic mass is 10.1. The zero-order chi connectivity index (χ0) is 20.5. The summed E-state index contributed by atoms with van der Waals surface area (Å²) in [6.45, 7) is 1.51. The molecule has 3 heterocycles. The lowest BCUT2D eigenvalue weighted by molar-refractivity contribution is -0.119. The highest BCUT2D eigenvalue weighted by Gasteiger charge is 2.32. The molecule has 1 fully saturated rings. The molecule has 3 aromatic rings. The first-order valence-electron chi connectivity index (χ1n) is 8.93. The Balaban J connectivity index is 1.56. The van der Waals surface area contributed by atoms with E-state index in [-0.39, 0.29) is 31.4 Å². The summed E-state index contributed by atoms with van der Waals surface area (Å²) >= 11 is 0. The summed E-state index contributed by atoms with van der Waals surface area (Å²) in [5, 5.41) is 15.8. The lowest BCUT2D eigenvalue weighted by Gasteiger charge is -2.14. The maximum atomic E-state index is 14.8. The molecule has 0 radical (unpaired) electrons. The van der Waals surface area contributed by atoms with Crippen LogP contribution in [-0.4, -0.2) is 50.9 Å². The number of halogens is 1. The second-order valence-electron chi connectivity index (χ2n) is 6.62. The molecule has 0 unspecified atom stereocenters.